The molecule has 0 aliphatic carbocycles. The first-order chi connectivity index (χ1) is 12.6. The van der Waals surface area contributed by atoms with E-state index in [-0.39, 0.29) is 13.0 Å². The Kier molecular flexibility index (Phi) is 7.44. The van der Waals surface area contributed by atoms with Crippen LogP contribution in [0.1, 0.15) is 18.1 Å². The number of ether oxygens (including phenoxy) is 3. The van der Waals surface area contributed by atoms with Gasteiger partial charge in [0.15, 0.2) is 17.6 Å². The van der Waals surface area contributed by atoms with E-state index in [9.17, 15) is 15.0 Å². The van der Waals surface area contributed by atoms with Crippen LogP contribution in [-0.4, -0.2) is 42.1 Å². The van der Waals surface area contributed by atoms with Crippen molar-refractivity contribution < 1.29 is 29.2 Å². The molecule has 0 unspecified atom stereocenters. The van der Waals surface area contributed by atoms with Crippen LogP contribution in [0.15, 0.2) is 48.5 Å². The number of para-hydroxylation sites is 1. The summed E-state index contributed by atoms with van der Waals surface area (Å²) in [7, 11) is 1.53. The number of carbonyl (C=O) groups is 1. The van der Waals surface area contributed by atoms with Crippen molar-refractivity contribution in [1.29, 1.82) is 0 Å². The van der Waals surface area contributed by atoms with Gasteiger partial charge in [-0.15, -0.1) is 0 Å². The number of aliphatic hydroxyl groups excluding tert-OH is 2. The molecule has 2 atom stereocenters. The minimum Gasteiger partial charge on any atom is -0.493 e. The maximum absolute atomic E-state index is 11.6. The average Bonchev–Trinajstić information content (AvgIpc) is 2.67. The molecular weight excluding hydrogens is 336 g/mol. The summed E-state index contributed by atoms with van der Waals surface area (Å²) >= 11 is 0. The van der Waals surface area contributed by atoms with E-state index in [0.717, 1.165) is 5.56 Å². The van der Waals surface area contributed by atoms with Gasteiger partial charge in [-0.1, -0.05) is 42.5 Å². The van der Waals surface area contributed by atoms with Gasteiger partial charge in [0.25, 0.3) is 0 Å². The van der Waals surface area contributed by atoms with E-state index in [0.29, 0.717) is 23.7 Å². The molecule has 2 aromatic rings. The van der Waals surface area contributed by atoms with E-state index in [1.807, 2.05) is 30.3 Å². The summed E-state index contributed by atoms with van der Waals surface area (Å²) in [5, 5.41) is 20.1. The highest BCUT2D eigenvalue weighted by Gasteiger charge is 2.27. The number of rotatable bonds is 9. The van der Waals surface area contributed by atoms with Gasteiger partial charge in [0.1, 0.15) is 6.61 Å². The summed E-state index contributed by atoms with van der Waals surface area (Å²) < 4.78 is 16.0. The summed E-state index contributed by atoms with van der Waals surface area (Å²) in [6.45, 7) is 2.09. The maximum Gasteiger partial charge on any atom is 0.337 e. The minimum absolute atomic E-state index is 0.0152. The molecule has 0 spiro atoms. The maximum atomic E-state index is 11.6. The quantitative estimate of drug-likeness (QED) is 0.666. The van der Waals surface area contributed by atoms with Crippen molar-refractivity contribution in [3.63, 3.8) is 0 Å². The molecule has 0 heterocycles. The number of hydrogen-bond donors (Lipinski definition) is 2. The van der Waals surface area contributed by atoms with Crippen LogP contribution >= 0.6 is 0 Å². The first kappa shape index (κ1) is 19.8. The first-order valence-electron chi connectivity index (χ1n) is 8.42. The van der Waals surface area contributed by atoms with Crippen molar-refractivity contribution in [1.82, 2.24) is 0 Å². The van der Waals surface area contributed by atoms with Crippen LogP contribution in [-0.2, 0) is 22.6 Å². The van der Waals surface area contributed by atoms with Crippen LogP contribution in [0.3, 0.4) is 0 Å². The lowest BCUT2D eigenvalue weighted by molar-refractivity contribution is -0.159. The first-order valence-corrected chi connectivity index (χ1v) is 8.42. The second-order valence-electron chi connectivity index (χ2n) is 5.69. The number of aliphatic hydroxyl groups is 2. The fourth-order valence-corrected chi connectivity index (χ4v) is 2.50. The van der Waals surface area contributed by atoms with Crippen LogP contribution in [0.25, 0.3) is 0 Å². The van der Waals surface area contributed by atoms with Crippen molar-refractivity contribution in [2.24, 2.45) is 0 Å². The summed E-state index contributed by atoms with van der Waals surface area (Å²) in [6.07, 6.45) is -2.93. The van der Waals surface area contributed by atoms with Gasteiger partial charge in [-0.25, -0.2) is 4.79 Å². The van der Waals surface area contributed by atoms with Crippen molar-refractivity contribution >= 4 is 5.97 Å². The van der Waals surface area contributed by atoms with E-state index >= 15 is 0 Å². The second kappa shape index (κ2) is 9.79. The molecule has 0 aromatic heterocycles. The zero-order valence-corrected chi connectivity index (χ0v) is 14.9. The van der Waals surface area contributed by atoms with Crippen molar-refractivity contribution in [3.05, 3.63) is 59.7 Å². The van der Waals surface area contributed by atoms with Crippen molar-refractivity contribution in [3.8, 4) is 11.5 Å². The number of benzene rings is 2. The Morgan fingerprint density at radius 3 is 2.46 bits per heavy atom. The number of esters is 1. The third kappa shape index (κ3) is 5.21. The topological polar surface area (TPSA) is 85.2 Å². The highest BCUT2D eigenvalue weighted by molar-refractivity contribution is 5.75. The third-order valence-electron chi connectivity index (χ3n) is 3.83. The number of methoxy groups -OCH3 is 1. The summed E-state index contributed by atoms with van der Waals surface area (Å²) in [6, 6.07) is 14.9. The number of carbonyl (C=O) groups excluding carboxylic acids is 1. The fraction of sp³-hybridized carbons (Fsp3) is 0.350. The van der Waals surface area contributed by atoms with E-state index < -0.39 is 18.2 Å². The number of hydrogen-bond acceptors (Lipinski definition) is 6. The zero-order chi connectivity index (χ0) is 18.9. The molecule has 0 aliphatic rings. The minimum atomic E-state index is -1.62. The van der Waals surface area contributed by atoms with Crippen LogP contribution in [0.2, 0.25) is 0 Å². The van der Waals surface area contributed by atoms with Gasteiger partial charge < -0.3 is 24.4 Å². The van der Waals surface area contributed by atoms with Crippen LogP contribution < -0.4 is 9.47 Å². The normalized spacial score (nSPS) is 12.9. The lowest BCUT2D eigenvalue weighted by Crippen LogP contribution is -2.36. The van der Waals surface area contributed by atoms with Gasteiger partial charge in [0.05, 0.1) is 19.8 Å². The SMILES string of the molecule is CCOC(=O)[C@H](O)[C@@H](O)Cc1cccc(OC)c1OCc1ccccc1. The molecule has 26 heavy (non-hydrogen) atoms. The Labute approximate surface area is 152 Å². The van der Waals surface area contributed by atoms with Gasteiger partial charge in [-0.3, -0.25) is 0 Å². The molecule has 0 fully saturated rings. The van der Waals surface area contributed by atoms with Gasteiger partial charge >= 0.3 is 5.97 Å². The molecule has 0 aliphatic heterocycles. The Hall–Kier alpha value is -2.57. The largest absolute Gasteiger partial charge is 0.493 e. The van der Waals surface area contributed by atoms with Crippen molar-refractivity contribution in [2.75, 3.05) is 13.7 Å². The van der Waals surface area contributed by atoms with E-state index in [1.165, 1.54) is 7.11 Å². The van der Waals surface area contributed by atoms with E-state index in [1.54, 1.807) is 25.1 Å². The van der Waals surface area contributed by atoms with Crippen LogP contribution in [0.4, 0.5) is 0 Å². The smallest absolute Gasteiger partial charge is 0.337 e. The second-order valence-corrected chi connectivity index (χ2v) is 5.69. The zero-order valence-electron chi connectivity index (χ0n) is 14.9. The lowest BCUT2D eigenvalue weighted by atomic mass is 10.0. The summed E-state index contributed by atoms with van der Waals surface area (Å²) in [4.78, 5) is 11.6. The van der Waals surface area contributed by atoms with Crippen LogP contribution in [0, 0.1) is 0 Å². The van der Waals surface area contributed by atoms with E-state index in [2.05, 4.69) is 0 Å². The molecule has 0 amide bonds. The Morgan fingerprint density at radius 2 is 1.81 bits per heavy atom. The van der Waals surface area contributed by atoms with Gasteiger partial charge in [-0.05, 0) is 18.6 Å². The summed E-state index contributed by atoms with van der Waals surface area (Å²) in [5.41, 5.74) is 1.60. The van der Waals surface area contributed by atoms with Gasteiger partial charge in [-0.2, -0.15) is 0 Å². The molecular formula is C20H24O6. The molecule has 2 rings (SSSR count). The van der Waals surface area contributed by atoms with Crippen LogP contribution in [0.5, 0.6) is 11.5 Å². The van der Waals surface area contributed by atoms with E-state index in [4.69, 9.17) is 14.2 Å². The lowest BCUT2D eigenvalue weighted by Gasteiger charge is -2.19. The van der Waals surface area contributed by atoms with Crippen molar-refractivity contribution in [2.45, 2.75) is 32.2 Å². The highest BCUT2D eigenvalue weighted by atomic mass is 16.5. The monoisotopic (exact) mass is 360 g/mol. The molecule has 2 N–H and O–H groups in total. The Bertz CT molecular complexity index is 701. The highest BCUT2D eigenvalue weighted by Crippen LogP contribution is 2.33. The Morgan fingerprint density at radius 1 is 1.08 bits per heavy atom. The third-order valence-corrected chi connectivity index (χ3v) is 3.83. The molecule has 0 bridgehead atoms. The standard InChI is InChI=1S/C20H24O6/c1-3-25-20(23)18(22)16(21)12-15-10-7-11-17(24-2)19(15)26-13-14-8-5-4-6-9-14/h4-11,16,18,21-22H,3,12-13H2,1-2H3/t16-,18+/m0/s1. The molecule has 0 radical (unpaired) electrons. The summed E-state index contributed by atoms with van der Waals surface area (Å²) in [5.74, 6) is 0.125. The molecule has 140 valence electrons. The predicted octanol–water partition coefficient (Wildman–Crippen LogP) is 2.10. The molecule has 6 heteroatoms. The fourth-order valence-electron chi connectivity index (χ4n) is 2.50. The Balaban J connectivity index is 2.15. The predicted molar refractivity (Wildman–Crippen MR) is 96.1 cm³/mol. The molecule has 0 saturated heterocycles. The molecule has 0 saturated carbocycles. The molecule has 2 aromatic carbocycles. The van der Waals surface area contributed by atoms with Gasteiger partial charge in [0.2, 0.25) is 0 Å². The average molecular weight is 360 g/mol. The molecule has 6 nitrogen and oxygen atoms in total. The van der Waals surface area contributed by atoms with Gasteiger partial charge in [0, 0.05) is 12.0 Å².